The number of carbonyl (C=O) groups is 1. The summed E-state index contributed by atoms with van der Waals surface area (Å²) >= 11 is 0. The van der Waals surface area contributed by atoms with E-state index < -0.39 is 6.04 Å². The number of likely N-dealkylation sites (tertiary alicyclic amines) is 1. The van der Waals surface area contributed by atoms with Gasteiger partial charge >= 0.3 is 0 Å². The average molecular weight is 317 g/mol. The van der Waals surface area contributed by atoms with Gasteiger partial charge in [-0.05, 0) is 18.4 Å². The zero-order valence-corrected chi connectivity index (χ0v) is 14.1. The summed E-state index contributed by atoms with van der Waals surface area (Å²) in [7, 11) is 0. The van der Waals surface area contributed by atoms with E-state index in [1.54, 1.807) is 0 Å². The molecule has 0 aromatic heterocycles. The van der Waals surface area contributed by atoms with Gasteiger partial charge in [-0.25, -0.2) is 0 Å². The van der Waals surface area contributed by atoms with Crippen molar-refractivity contribution in [2.24, 2.45) is 11.7 Å². The molecule has 1 aromatic rings. The number of amides is 1. The Kier molecular flexibility index (Phi) is 4.99. The van der Waals surface area contributed by atoms with Crippen LogP contribution in [0.25, 0.3) is 0 Å². The third-order valence-corrected chi connectivity index (χ3v) is 5.10. The Bertz CT molecular complexity index is 540. The number of rotatable bonds is 3. The standard InChI is InChI=1S/C18H27N3O2/c1-13-3-5-15(6-4-13)17(19)18(22)21-11-14(2)16(12-21)20-7-9-23-10-8-20/h3-6,14,16-17H,7-12,19H2,1-2H3. The number of ether oxygens (including phenoxy) is 1. The van der Waals surface area contributed by atoms with E-state index in [-0.39, 0.29) is 5.91 Å². The van der Waals surface area contributed by atoms with Crippen LogP contribution in [0.4, 0.5) is 0 Å². The largest absolute Gasteiger partial charge is 0.379 e. The second-order valence-corrected chi connectivity index (χ2v) is 6.82. The van der Waals surface area contributed by atoms with Gasteiger partial charge in [0.05, 0.1) is 13.2 Å². The van der Waals surface area contributed by atoms with Crippen molar-refractivity contribution < 1.29 is 9.53 Å². The number of carbonyl (C=O) groups excluding carboxylic acids is 1. The number of nitrogens with zero attached hydrogens (tertiary/aromatic N) is 2. The fourth-order valence-corrected chi connectivity index (χ4v) is 3.63. The molecule has 2 fully saturated rings. The second-order valence-electron chi connectivity index (χ2n) is 6.82. The number of hydrogen-bond acceptors (Lipinski definition) is 4. The Labute approximate surface area is 138 Å². The van der Waals surface area contributed by atoms with E-state index in [0.29, 0.717) is 12.0 Å². The predicted octanol–water partition coefficient (Wildman–Crippen LogP) is 1.17. The molecular weight excluding hydrogens is 290 g/mol. The Morgan fingerprint density at radius 3 is 2.52 bits per heavy atom. The van der Waals surface area contributed by atoms with Gasteiger partial charge in [-0.1, -0.05) is 36.8 Å². The molecule has 0 radical (unpaired) electrons. The molecule has 2 saturated heterocycles. The Balaban J connectivity index is 1.64. The molecule has 0 spiro atoms. The average Bonchev–Trinajstić information content (AvgIpc) is 2.97. The van der Waals surface area contributed by atoms with Crippen LogP contribution in [0.3, 0.4) is 0 Å². The van der Waals surface area contributed by atoms with E-state index in [4.69, 9.17) is 10.5 Å². The van der Waals surface area contributed by atoms with Gasteiger partial charge in [0.15, 0.2) is 0 Å². The molecule has 126 valence electrons. The first-order valence-electron chi connectivity index (χ1n) is 8.49. The minimum atomic E-state index is -0.564. The highest BCUT2D eigenvalue weighted by Gasteiger charge is 2.38. The zero-order chi connectivity index (χ0) is 16.4. The van der Waals surface area contributed by atoms with Gasteiger partial charge in [0.1, 0.15) is 6.04 Å². The molecule has 5 heteroatoms. The lowest BCUT2D eigenvalue weighted by atomic mass is 10.0. The normalized spacial score (nSPS) is 27.2. The van der Waals surface area contributed by atoms with E-state index >= 15 is 0 Å². The highest BCUT2D eigenvalue weighted by Crippen LogP contribution is 2.25. The minimum absolute atomic E-state index is 0.0384. The van der Waals surface area contributed by atoms with Crippen molar-refractivity contribution in [3.8, 4) is 0 Å². The first kappa shape index (κ1) is 16.4. The smallest absolute Gasteiger partial charge is 0.244 e. The van der Waals surface area contributed by atoms with Crippen molar-refractivity contribution in [1.29, 1.82) is 0 Å². The lowest BCUT2D eigenvalue weighted by molar-refractivity contribution is -0.132. The lowest BCUT2D eigenvalue weighted by Crippen LogP contribution is -2.47. The number of morpholine rings is 1. The van der Waals surface area contributed by atoms with Gasteiger partial charge in [-0.3, -0.25) is 9.69 Å². The van der Waals surface area contributed by atoms with Gasteiger partial charge in [0, 0.05) is 32.2 Å². The van der Waals surface area contributed by atoms with Gasteiger partial charge in [-0.15, -0.1) is 0 Å². The summed E-state index contributed by atoms with van der Waals surface area (Å²) in [5.74, 6) is 0.513. The molecule has 0 saturated carbocycles. The molecule has 3 unspecified atom stereocenters. The van der Waals surface area contributed by atoms with Crippen molar-refractivity contribution in [3.05, 3.63) is 35.4 Å². The van der Waals surface area contributed by atoms with Crippen LogP contribution in [0.2, 0.25) is 0 Å². The van der Waals surface area contributed by atoms with Crippen molar-refractivity contribution in [1.82, 2.24) is 9.80 Å². The van der Waals surface area contributed by atoms with Crippen molar-refractivity contribution >= 4 is 5.91 Å². The maximum absolute atomic E-state index is 12.8. The summed E-state index contributed by atoms with van der Waals surface area (Å²) < 4.78 is 5.43. The van der Waals surface area contributed by atoms with Crippen LogP contribution in [0.1, 0.15) is 24.1 Å². The first-order valence-corrected chi connectivity index (χ1v) is 8.49. The summed E-state index contributed by atoms with van der Waals surface area (Å²) in [5, 5.41) is 0. The van der Waals surface area contributed by atoms with E-state index in [0.717, 1.165) is 45.0 Å². The Morgan fingerprint density at radius 1 is 1.22 bits per heavy atom. The summed E-state index contributed by atoms with van der Waals surface area (Å²) in [6, 6.07) is 7.78. The fraction of sp³-hybridized carbons (Fsp3) is 0.611. The van der Waals surface area contributed by atoms with Gasteiger partial charge < -0.3 is 15.4 Å². The summed E-state index contributed by atoms with van der Waals surface area (Å²) in [6.45, 7) is 9.33. The maximum Gasteiger partial charge on any atom is 0.244 e. The molecule has 1 amide bonds. The fourth-order valence-electron chi connectivity index (χ4n) is 3.63. The number of hydrogen-bond donors (Lipinski definition) is 1. The third kappa shape index (κ3) is 3.57. The molecule has 2 aliphatic heterocycles. The number of nitrogens with two attached hydrogens (primary N) is 1. The lowest BCUT2D eigenvalue weighted by Gasteiger charge is -2.34. The van der Waals surface area contributed by atoms with E-state index in [1.165, 1.54) is 5.56 Å². The Hall–Kier alpha value is -1.43. The first-order chi connectivity index (χ1) is 11.1. The van der Waals surface area contributed by atoms with Crippen LogP contribution in [0.5, 0.6) is 0 Å². The molecule has 2 N–H and O–H groups in total. The van der Waals surface area contributed by atoms with Crippen LogP contribution < -0.4 is 5.73 Å². The highest BCUT2D eigenvalue weighted by atomic mass is 16.5. The summed E-state index contributed by atoms with van der Waals surface area (Å²) in [5.41, 5.74) is 8.28. The van der Waals surface area contributed by atoms with Gasteiger partial charge in [0.25, 0.3) is 0 Å². The molecule has 2 aliphatic rings. The van der Waals surface area contributed by atoms with Crippen molar-refractivity contribution in [2.45, 2.75) is 25.9 Å². The number of benzene rings is 1. The van der Waals surface area contributed by atoms with Crippen molar-refractivity contribution in [2.75, 3.05) is 39.4 Å². The number of aryl methyl sites for hydroxylation is 1. The van der Waals surface area contributed by atoms with Crippen LogP contribution >= 0.6 is 0 Å². The van der Waals surface area contributed by atoms with Gasteiger partial charge in [0.2, 0.25) is 5.91 Å². The topological polar surface area (TPSA) is 58.8 Å². The molecule has 0 bridgehead atoms. The molecule has 3 rings (SSSR count). The monoisotopic (exact) mass is 317 g/mol. The van der Waals surface area contributed by atoms with Crippen molar-refractivity contribution in [3.63, 3.8) is 0 Å². The molecule has 1 aromatic carbocycles. The van der Waals surface area contributed by atoms with E-state index in [2.05, 4.69) is 11.8 Å². The molecule has 5 nitrogen and oxygen atoms in total. The predicted molar refractivity (Wildman–Crippen MR) is 90.0 cm³/mol. The van der Waals surface area contributed by atoms with Crippen LogP contribution in [-0.4, -0.2) is 61.1 Å². The van der Waals surface area contributed by atoms with E-state index in [1.807, 2.05) is 36.1 Å². The second kappa shape index (κ2) is 6.99. The van der Waals surface area contributed by atoms with Crippen LogP contribution in [0.15, 0.2) is 24.3 Å². The molecule has 23 heavy (non-hydrogen) atoms. The maximum atomic E-state index is 12.8. The highest BCUT2D eigenvalue weighted by molar-refractivity contribution is 5.83. The van der Waals surface area contributed by atoms with Gasteiger partial charge in [-0.2, -0.15) is 0 Å². The Morgan fingerprint density at radius 2 is 1.87 bits per heavy atom. The minimum Gasteiger partial charge on any atom is -0.379 e. The zero-order valence-electron chi connectivity index (χ0n) is 14.1. The third-order valence-electron chi connectivity index (χ3n) is 5.10. The summed E-state index contributed by atoms with van der Waals surface area (Å²) in [6.07, 6.45) is 0. The quantitative estimate of drug-likeness (QED) is 0.909. The van der Waals surface area contributed by atoms with Crippen LogP contribution in [-0.2, 0) is 9.53 Å². The molecular formula is C18H27N3O2. The SMILES string of the molecule is Cc1ccc(C(N)C(=O)N2CC(C)C(N3CCOCC3)C2)cc1. The molecule has 2 heterocycles. The summed E-state index contributed by atoms with van der Waals surface area (Å²) in [4.78, 5) is 17.2. The molecule has 0 aliphatic carbocycles. The van der Waals surface area contributed by atoms with E-state index in [9.17, 15) is 4.79 Å². The van der Waals surface area contributed by atoms with Crippen LogP contribution in [0, 0.1) is 12.8 Å². The molecule has 3 atom stereocenters.